The zero-order chi connectivity index (χ0) is 13.7. The Morgan fingerprint density at radius 2 is 2.05 bits per heavy atom. The van der Waals surface area contributed by atoms with Gasteiger partial charge in [0.05, 0.1) is 0 Å². The molecule has 0 saturated heterocycles. The number of nitrogens with zero attached hydrogens (tertiary/aromatic N) is 2. The molecule has 0 aliphatic rings. The normalized spacial score (nSPS) is 10.3. The summed E-state index contributed by atoms with van der Waals surface area (Å²) in [6, 6.07) is 9.10. The van der Waals surface area contributed by atoms with Crippen molar-refractivity contribution in [3.8, 4) is 5.88 Å². The lowest BCUT2D eigenvalue weighted by molar-refractivity contribution is 0.291. The first-order chi connectivity index (χ1) is 9.21. The molecule has 7 heteroatoms. The summed E-state index contributed by atoms with van der Waals surface area (Å²) in [5.41, 5.74) is 3.50. The molecule has 0 unspecified atom stereocenters. The number of hydrogen-bond acceptors (Lipinski definition) is 6. The van der Waals surface area contributed by atoms with Gasteiger partial charge in [0.1, 0.15) is 12.4 Å². The molecular weight excluding hydrogens is 284 g/mol. The molecule has 0 saturated carbocycles. The second-order valence-electron chi connectivity index (χ2n) is 3.64. The molecule has 2 aromatic rings. The van der Waals surface area contributed by atoms with E-state index in [1.807, 2.05) is 30.5 Å². The minimum atomic E-state index is 0.409. The predicted octanol–water partition coefficient (Wildman–Crippen LogP) is 2.72. The topological polar surface area (TPSA) is 73.1 Å². The van der Waals surface area contributed by atoms with Crippen LogP contribution in [0.4, 0.5) is 5.82 Å². The van der Waals surface area contributed by atoms with Crippen molar-refractivity contribution in [2.75, 3.05) is 11.7 Å². The smallest absolute Gasteiger partial charge is 0.219 e. The van der Waals surface area contributed by atoms with Crippen LogP contribution in [0.15, 0.2) is 35.5 Å². The monoisotopic (exact) mass is 296 g/mol. The Labute approximate surface area is 120 Å². The molecule has 0 radical (unpaired) electrons. The van der Waals surface area contributed by atoms with Crippen LogP contribution in [0.25, 0.3) is 0 Å². The molecule has 0 fully saturated rings. The van der Waals surface area contributed by atoms with E-state index in [1.165, 1.54) is 11.8 Å². The molecule has 0 spiro atoms. The van der Waals surface area contributed by atoms with Crippen LogP contribution in [0.3, 0.4) is 0 Å². The maximum atomic E-state index is 5.82. The van der Waals surface area contributed by atoms with Crippen molar-refractivity contribution in [1.29, 1.82) is 0 Å². The van der Waals surface area contributed by atoms with Gasteiger partial charge in [-0.1, -0.05) is 35.5 Å². The Morgan fingerprint density at radius 1 is 1.32 bits per heavy atom. The molecule has 0 bridgehead atoms. The Balaban J connectivity index is 2.08. The van der Waals surface area contributed by atoms with Crippen molar-refractivity contribution >= 4 is 29.2 Å². The van der Waals surface area contributed by atoms with Crippen LogP contribution in [-0.4, -0.2) is 16.2 Å². The third kappa shape index (κ3) is 3.99. The molecule has 3 N–H and O–H groups in total. The number of hydrazine groups is 1. The highest BCUT2D eigenvalue weighted by Crippen LogP contribution is 2.19. The highest BCUT2D eigenvalue weighted by atomic mass is 35.5. The van der Waals surface area contributed by atoms with E-state index in [-0.39, 0.29) is 0 Å². The highest BCUT2D eigenvalue weighted by Gasteiger charge is 2.04. The number of aromatic nitrogens is 2. The highest BCUT2D eigenvalue weighted by molar-refractivity contribution is 7.98. The lowest BCUT2D eigenvalue weighted by Crippen LogP contribution is -2.10. The Bertz CT molecular complexity index is 528. The molecule has 19 heavy (non-hydrogen) atoms. The minimum absolute atomic E-state index is 0.409. The van der Waals surface area contributed by atoms with Crippen LogP contribution in [0.2, 0.25) is 5.02 Å². The van der Waals surface area contributed by atoms with Crippen molar-refractivity contribution in [3.63, 3.8) is 0 Å². The number of thioether (sulfide) groups is 1. The SMILES string of the molecule is CSc1nc(NN)cc(OCc2ccc(Cl)cc2)n1. The van der Waals surface area contributed by atoms with Gasteiger partial charge in [-0.2, -0.15) is 4.98 Å². The van der Waals surface area contributed by atoms with Crippen molar-refractivity contribution in [1.82, 2.24) is 9.97 Å². The first kappa shape index (κ1) is 13.9. The summed E-state index contributed by atoms with van der Waals surface area (Å²) >= 11 is 7.24. The Hall–Kier alpha value is -1.50. The van der Waals surface area contributed by atoms with E-state index in [0.717, 1.165) is 5.56 Å². The fraction of sp³-hybridized carbons (Fsp3) is 0.167. The maximum Gasteiger partial charge on any atom is 0.219 e. The van der Waals surface area contributed by atoms with Crippen LogP contribution < -0.4 is 16.0 Å². The van der Waals surface area contributed by atoms with E-state index in [9.17, 15) is 0 Å². The molecule has 1 aromatic heterocycles. The van der Waals surface area contributed by atoms with Crippen molar-refractivity contribution < 1.29 is 4.74 Å². The number of hydrogen-bond donors (Lipinski definition) is 2. The molecule has 2 rings (SSSR count). The summed E-state index contributed by atoms with van der Waals surface area (Å²) < 4.78 is 5.61. The number of rotatable bonds is 5. The molecule has 1 heterocycles. The van der Waals surface area contributed by atoms with Crippen molar-refractivity contribution in [2.45, 2.75) is 11.8 Å². The van der Waals surface area contributed by atoms with Crippen LogP contribution in [0.1, 0.15) is 5.56 Å². The number of halogens is 1. The summed E-state index contributed by atoms with van der Waals surface area (Å²) in [7, 11) is 0. The second kappa shape index (κ2) is 6.60. The van der Waals surface area contributed by atoms with Gasteiger partial charge in [0.2, 0.25) is 5.88 Å². The number of anilines is 1. The lowest BCUT2D eigenvalue weighted by atomic mass is 10.2. The molecule has 0 amide bonds. The fourth-order valence-corrected chi connectivity index (χ4v) is 1.88. The standard InChI is InChI=1S/C12H13ClN4OS/c1-19-12-15-10(17-14)6-11(16-12)18-7-8-2-4-9(13)5-3-8/h2-6H,7,14H2,1H3,(H,15,16,17). The summed E-state index contributed by atoms with van der Waals surface area (Å²) in [6.45, 7) is 0.409. The van der Waals surface area contributed by atoms with Gasteiger partial charge in [-0.3, -0.25) is 0 Å². The lowest BCUT2D eigenvalue weighted by Gasteiger charge is -2.08. The molecule has 0 aliphatic heterocycles. The van der Waals surface area contributed by atoms with Crippen molar-refractivity contribution in [3.05, 3.63) is 40.9 Å². The zero-order valence-corrected chi connectivity index (χ0v) is 11.8. The zero-order valence-electron chi connectivity index (χ0n) is 10.3. The Kier molecular flexibility index (Phi) is 4.84. The van der Waals surface area contributed by atoms with Crippen LogP contribution in [0, 0.1) is 0 Å². The number of nitrogen functional groups attached to an aromatic ring is 1. The van der Waals surface area contributed by atoms with E-state index in [0.29, 0.717) is 28.5 Å². The average molecular weight is 297 g/mol. The van der Waals surface area contributed by atoms with E-state index >= 15 is 0 Å². The third-order valence-corrected chi connectivity index (χ3v) is 3.11. The Morgan fingerprint density at radius 3 is 2.68 bits per heavy atom. The second-order valence-corrected chi connectivity index (χ2v) is 4.85. The predicted molar refractivity (Wildman–Crippen MR) is 77.4 cm³/mol. The number of ether oxygens (including phenoxy) is 1. The van der Waals surface area contributed by atoms with Gasteiger partial charge in [-0.15, -0.1) is 0 Å². The van der Waals surface area contributed by atoms with Crippen molar-refractivity contribution in [2.24, 2.45) is 5.84 Å². The first-order valence-corrected chi connectivity index (χ1v) is 7.08. The van der Waals surface area contributed by atoms with E-state index < -0.39 is 0 Å². The first-order valence-electron chi connectivity index (χ1n) is 5.48. The van der Waals surface area contributed by atoms with E-state index in [4.69, 9.17) is 22.2 Å². The minimum Gasteiger partial charge on any atom is -0.473 e. The van der Waals surface area contributed by atoms with Gasteiger partial charge >= 0.3 is 0 Å². The molecule has 100 valence electrons. The molecule has 5 nitrogen and oxygen atoms in total. The van der Waals surface area contributed by atoms with E-state index in [2.05, 4.69) is 15.4 Å². The molecular formula is C12H13ClN4OS. The molecule has 1 aromatic carbocycles. The van der Waals surface area contributed by atoms with Crippen LogP contribution >= 0.6 is 23.4 Å². The third-order valence-electron chi connectivity index (χ3n) is 2.31. The van der Waals surface area contributed by atoms with Gasteiger partial charge in [-0.25, -0.2) is 10.8 Å². The van der Waals surface area contributed by atoms with Gasteiger partial charge in [-0.05, 0) is 24.0 Å². The molecule has 0 atom stereocenters. The number of benzene rings is 1. The maximum absolute atomic E-state index is 5.82. The van der Waals surface area contributed by atoms with Gasteiger partial charge in [0.15, 0.2) is 5.16 Å². The summed E-state index contributed by atoms with van der Waals surface area (Å²) in [5, 5.41) is 1.30. The molecule has 0 aliphatic carbocycles. The van der Waals surface area contributed by atoms with Gasteiger partial charge in [0, 0.05) is 11.1 Å². The van der Waals surface area contributed by atoms with Crippen LogP contribution in [-0.2, 0) is 6.61 Å². The number of nitrogens with one attached hydrogen (secondary N) is 1. The summed E-state index contributed by atoms with van der Waals surface area (Å²) in [5.74, 6) is 6.34. The van der Waals surface area contributed by atoms with Gasteiger partial charge in [0.25, 0.3) is 0 Å². The van der Waals surface area contributed by atoms with Gasteiger partial charge < -0.3 is 10.2 Å². The quantitative estimate of drug-likeness (QED) is 0.382. The fourth-order valence-electron chi connectivity index (χ4n) is 1.38. The largest absolute Gasteiger partial charge is 0.473 e. The van der Waals surface area contributed by atoms with E-state index in [1.54, 1.807) is 6.07 Å². The summed E-state index contributed by atoms with van der Waals surface area (Å²) in [6.07, 6.45) is 1.89. The van der Waals surface area contributed by atoms with Crippen LogP contribution in [0.5, 0.6) is 5.88 Å². The summed E-state index contributed by atoms with van der Waals surface area (Å²) in [4.78, 5) is 8.40. The average Bonchev–Trinajstić information content (AvgIpc) is 2.46. The number of nitrogens with two attached hydrogens (primary N) is 1.